The second-order valence-corrected chi connectivity index (χ2v) is 6.39. The Labute approximate surface area is 124 Å². The van der Waals surface area contributed by atoms with E-state index in [1.807, 2.05) is 52.0 Å². The molecule has 0 aliphatic carbocycles. The Morgan fingerprint density at radius 2 is 1.71 bits per heavy atom. The standard InChI is InChI=1S/C16H18BNO3/c1-15(2)16(3,4)21-17(20-15)12-6-8-14-11(9-12)5-7-13(10-19)18-14/h5-10H,1-4H3. The molecule has 2 aromatic rings. The molecule has 0 radical (unpaired) electrons. The Balaban J connectivity index is 1.97. The van der Waals surface area contributed by atoms with E-state index < -0.39 is 0 Å². The van der Waals surface area contributed by atoms with E-state index >= 15 is 0 Å². The van der Waals surface area contributed by atoms with Crippen LogP contribution in [0.2, 0.25) is 0 Å². The predicted molar refractivity (Wildman–Crippen MR) is 82.8 cm³/mol. The van der Waals surface area contributed by atoms with Crippen LogP contribution in [0.25, 0.3) is 10.9 Å². The lowest BCUT2D eigenvalue weighted by molar-refractivity contribution is 0.00578. The summed E-state index contributed by atoms with van der Waals surface area (Å²) in [4.78, 5) is 15.0. The van der Waals surface area contributed by atoms with Crippen molar-refractivity contribution in [3.8, 4) is 0 Å². The normalized spacial score (nSPS) is 19.9. The fourth-order valence-corrected chi connectivity index (χ4v) is 2.35. The molecule has 0 atom stereocenters. The lowest BCUT2D eigenvalue weighted by Gasteiger charge is -2.32. The van der Waals surface area contributed by atoms with Gasteiger partial charge >= 0.3 is 7.12 Å². The quantitative estimate of drug-likeness (QED) is 0.627. The number of hydrogen-bond donors (Lipinski definition) is 0. The molecule has 21 heavy (non-hydrogen) atoms. The van der Waals surface area contributed by atoms with Gasteiger partial charge in [-0.25, -0.2) is 4.98 Å². The minimum atomic E-state index is -0.384. The maximum Gasteiger partial charge on any atom is 0.494 e. The summed E-state index contributed by atoms with van der Waals surface area (Å²) in [5.74, 6) is 0. The molecule has 0 unspecified atom stereocenters. The molecule has 4 nitrogen and oxygen atoms in total. The topological polar surface area (TPSA) is 48.4 Å². The minimum absolute atomic E-state index is 0.355. The van der Waals surface area contributed by atoms with Gasteiger partial charge in [-0.05, 0) is 50.7 Å². The first-order chi connectivity index (χ1) is 9.82. The third-order valence-corrected chi connectivity index (χ3v) is 4.38. The van der Waals surface area contributed by atoms with Crippen LogP contribution in [0.1, 0.15) is 38.2 Å². The number of hydrogen-bond acceptors (Lipinski definition) is 4. The van der Waals surface area contributed by atoms with Crippen LogP contribution in [0.3, 0.4) is 0 Å². The Morgan fingerprint density at radius 1 is 1.05 bits per heavy atom. The lowest BCUT2D eigenvalue weighted by Crippen LogP contribution is -2.41. The largest absolute Gasteiger partial charge is 0.494 e. The molecule has 1 saturated heterocycles. The van der Waals surface area contributed by atoms with Crippen molar-refractivity contribution in [1.82, 2.24) is 4.98 Å². The summed E-state index contributed by atoms with van der Waals surface area (Å²) >= 11 is 0. The van der Waals surface area contributed by atoms with Crippen LogP contribution in [0, 0.1) is 0 Å². The minimum Gasteiger partial charge on any atom is -0.399 e. The van der Waals surface area contributed by atoms with E-state index in [9.17, 15) is 4.79 Å². The fourth-order valence-electron chi connectivity index (χ4n) is 2.35. The average Bonchev–Trinajstić information content (AvgIpc) is 2.66. The highest BCUT2D eigenvalue weighted by Crippen LogP contribution is 2.36. The predicted octanol–water partition coefficient (Wildman–Crippen LogP) is 2.35. The van der Waals surface area contributed by atoms with Crippen LogP contribution in [-0.4, -0.2) is 29.6 Å². The van der Waals surface area contributed by atoms with Crippen molar-refractivity contribution in [2.75, 3.05) is 0 Å². The van der Waals surface area contributed by atoms with Gasteiger partial charge in [0.05, 0.1) is 16.7 Å². The molecule has 1 aliphatic rings. The first-order valence-corrected chi connectivity index (χ1v) is 7.04. The van der Waals surface area contributed by atoms with Gasteiger partial charge in [0.25, 0.3) is 0 Å². The molecule has 1 aromatic heterocycles. The van der Waals surface area contributed by atoms with E-state index in [-0.39, 0.29) is 18.3 Å². The maximum atomic E-state index is 10.8. The Morgan fingerprint density at radius 3 is 2.33 bits per heavy atom. The second-order valence-electron chi connectivity index (χ2n) is 6.39. The molecule has 1 fully saturated rings. The summed E-state index contributed by atoms with van der Waals surface area (Å²) in [7, 11) is -0.384. The first kappa shape index (κ1) is 14.2. The Bertz CT molecular complexity index is 696. The van der Waals surface area contributed by atoms with Gasteiger partial charge in [-0.15, -0.1) is 0 Å². The molecule has 0 saturated carbocycles. The maximum absolute atomic E-state index is 10.8. The number of pyridine rings is 1. The van der Waals surface area contributed by atoms with Gasteiger partial charge < -0.3 is 9.31 Å². The number of carbonyl (C=O) groups excluding carboxylic acids is 1. The van der Waals surface area contributed by atoms with Gasteiger partial charge in [0, 0.05) is 0 Å². The van der Waals surface area contributed by atoms with E-state index in [0.717, 1.165) is 22.7 Å². The molecule has 1 aliphatic heterocycles. The Hall–Kier alpha value is -1.72. The second kappa shape index (κ2) is 4.65. The van der Waals surface area contributed by atoms with Gasteiger partial charge in [0.2, 0.25) is 0 Å². The van der Waals surface area contributed by atoms with Crippen LogP contribution in [0.15, 0.2) is 30.3 Å². The van der Waals surface area contributed by atoms with Crippen molar-refractivity contribution < 1.29 is 14.1 Å². The SMILES string of the molecule is CC1(C)OB(c2ccc3nc(C=O)ccc3c2)OC1(C)C. The molecule has 1 aromatic carbocycles. The molecule has 5 heteroatoms. The van der Waals surface area contributed by atoms with Crippen LogP contribution < -0.4 is 5.46 Å². The van der Waals surface area contributed by atoms with E-state index in [4.69, 9.17) is 9.31 Å². The van der Waals surface area contributed by atoms with Crippen molar-refractivity contribution >= 4 is 29.8 Å². The number of aldehydes is 1. The lowest BCUT2D eigenvalue weighted by atomic mass is 9.78. The highest BCUT2D eigenvalue weighted by Gasteiger charge is 2.51. The number of nitrogens with zero attached hydrogens (tertiary/aromatic N) is 1. The van der Waals surface area contributed by atoms with E-state index in [0.29, 0.717) is 5.69 Å². The van der Waals surface area contributed by atoms with Gasteiger partial charge in [0.15, 0.2) is 6.29 Å². The summed E-state index contributed by atoms with van der Waals surface area (Å²) in [6.07, 6.45) is 0.752. The summed E-state index contributed by atoms with van der Waals surface area (Å²) in [5, 5.41) is 0.966. The zero-order valence-electron chi connectivity index (χ0n) is 12.7. The Kier molecular flexibility index (Phi) is 3.15. The molecular weight excluding hydrogens is 265 g/mol. The van der Waals surface area contributed by atoms with Crippen LogP contribution in [0.5, 0.6) is 0 Å². The molecule has 0 amide bonds. The number of rotatable bonds is 2. The summed E-state index contributed by atoms with van der Waals surface area (Å²) in [6, 6.07) is 9.43. The van der Waals surface area contributed by atoms with Crippen molar-refractivity contribution in [1.29, 1.82) is 0 Å². The van der Waals surface area contributed by atoms with E-state index in [2.05, 4.69) is 4.98 Å². The molecule has 3 rings (SSSR count). The van der Waals surface area contributed by atoms with Crippen molar-refractivity contribution in [2.24, 2.45) is 0 Å². The third-order valence-electron chi connectivity index (χ3n) is 4.38. The fraction of sp³-hybridized carbons (Fsp3) is 0.375. The highest BCUT2D eigenvalue weighted by atomic mass is 16.7. The molecule has 2 heterocycles. The van der Waals surface area contributed by atoms with Gasteiger partial charge in [-0.1, -0.05) is 18.2 Å². The van der Waals surface area contributed by atoms with Crippen LogP contribution in [-0.2, 0) is 9.31 Å². The zero-order valence-corrected chi connectivity index (χ0v) is 12.7. The van der Waals surface area contributed by atoms with Crippen molar-refractivity contribution in [3.63, 3.8) is 0 Å². The van der Waals surface area contributed by atoms with Gasteiger partial charge in [-0.3, -0.25) is 4.79 Å². The number of fused-ring (bicyclic) bond motifs is 1. The molecule has 0 N–H and O–H groups in total. The van der Waals surface area contributed by atoms with E-state index in [1.54, 1.807) is 6.07 Å². The molecule has 0 spiro atoms. The van der Waals surface area contributed by atoms with Crippen LogP contribution >= 0.6 is 0 Å². The highest BCUT2D eigenvalue weighted by molar-refractivity contribution is 6.62. The number of aromatic nitrogens is 1. The van der Waals surface area contributed by atoms with E-state index in [1.165, 1.54) is 0 Å². The number of benzene rings is 1. The van der Waals surface area contributed by atoms with Crippen molar-refractivity contribution in [2.45, 2.75) is 38.9 Å². The van der Waals surface area contributed by atoms with Gasteiger partial charge in [-0.2, -0.15) is 0 Å². The smallest absolute Gasteiger partial charge is 0.399 e. The summed E-state index contributed by atoms with van der Waals surface area (Å²) in [5.41, 5.74) is 1.48. The summed E-state index contributed by atoms with van der Waals surface area (Å²) < 4.78 is 12.1. The van der Waals surface area contributed by atoms with Crippen molar-refractivity contribution in [3.05, 3.63) is 36.0 Å². The third kappa shape index (κ3) is 2.36. The molecule has 108 valence electrons. The zero-order chi connectivity index (χ0) is 15.3. The average molecular weight is 283 g/mol. The first-order valence-electron chi connectivity index (χ1n) is 7.04. The molecule has 0 bridgehead atoms. The monoisotopic (exact) mass is 283 g/mol. The number of carbonyl (C=O) groups is 1. The summed E-state index contributed by atoms with van der Waals surface area (Å²) in [6.45, 7) is 8.13. The van der Waals surface area contributed by atoms with Crippen LogP contribution in [0.4, 0.5) is 0 Å². The van der Waals surface area contributed by atoms with Gasteiger partial charge in [0.1, 0.15) is 5.69 Å². The molecular formula is C16H18BNO3.